The number of amides is 1. The van der Waals surface area contributed by atoms with E-state index in [1.807, 2.05) is 19.3 Å². The molecule has 0 aliphatic heterocycles. The maximum Gasteiger partial charge on any atom is 0.257 e. The van der Waals surface area contributed by atoms with Crippen LogP contribution in [0.5, 0.6) is 0 Å². The smallest absolute Gasteiger partial charge is 0.257 e. The fourth-order valence-corrected chi connectivity index (χ4v) is 0.566. The first-order chi connectivity index (χ1) is 5.57. The molecule has 3 N–H and O–H groups in total. The van der Waals surface area contributed by atoms with Crippen molar-refractivity contribution in [3.63, 3.8) is 0 Å². The van der Waals surface area contributed by atoms with Crippen molar-refractivity contribution in [2.24, 2.45) is 11.8 Å². The molecule has 1 amide bonds. The van der Waals surface area contributed by atoms with Gasteiger partial charge in [0.1, 0.15) is 5.78 Å². The van der Waals surface area contributed by atoms with Gasteiger partial charge in [0.05, 0.1) is 0 Å². The highest BCUT2D eigenvalue weighted by atomic mass is 16.2. The molecule has 12 heavy (non-hydrogen) atoms. The summed E-state index contributed by atoms with van der Waals surface area (Å²) >= 11 is 0. The predicted molar refractivity (Wildman–Crippen MR) is 45.9 cm³/mol. The largest absolute Gasteiger partial charge is 0.299 e. The van der Waals surface area contributed by atoms with Gasteiger partial charge >= 0.3 is 0 Å². The first kappa shape index (κ1) is 10.8. The number of Topliss-reactive ketones (excluding diaryl/α,β-unsaturated/α-hetero) is 1. The third-order valence-electron chi connectivity index (χ3n) is 1.37. The second-order valence-corrected chi connectivity index (χ2v) is 2.74. The molecule has 68 valence electrons. The summed E-state index contributed by atoms with van der Waals surface area (Å²) in [5.74, 6) is 4.53. The number of hydrogen-bond acceptors (Lipinski definition) is 3. The summed E-state index contributed by atoms with van der Waals surface area (Å²) in [5.41, 5.74) is 1.93. The van der Waals surface area contributed by atoms with Crippen LogP contribution < -0.4 is 11.3 Å². The Morgan fingerprint density at radius 2 is 2.08 bits per heavy atom. The molecule has 0 aromatic heterocycles. The maximum atomic E-state index is 11.0. The monoisotopic (exact) mass is 170 g/mol. The van der Waals surface area contributed by atoms with Gasteiger partial charge in [-0.25, -0.2) is 5.84 Å². The molecule has 4 heteroatoms. The lowest BCUT2D eigenvalue weighted by molar-refractivity contribution is -0.121. The third kappa shape index (κ3) is 4.62. The Morgan fingerprint density at radius 3 is 2.50 bits per heavy atom. The summed E-state index contributed by atoms with van der Waals surface area (Å²) in [7, 11) is 0. The van der Waals surface area contributed by atoms with Gasteiger partial charge in [0.2, 0.25) is 0 Å². The molecule has 0 spiro atoms. The van der Waals surface area contributed by atoms with Crippen molar-refractivity contribution >= 4 is 11.7 Å². The molecular formula is C8H14N2O2. The van der Waals surface area contributed by atoms with Crippen molar-refractivity contribution in [3.8, 4) is 0 Å². The highest BCUT2D eigenvalue weighted by Crippen LogP contribution is 1.98. The molecule has 0 radical (unpaired) electrons. The van der Waals surface area contributed by atoms with Gasteiger partial charge in [-0.1, -0.05) is 19.9 Å². The second-order valence-electron chi connectivity index (χ2n) is 2.74. The predicted octanol–water partition coefficient (Wildman–Crippen LogP) is 0.148. The number of carbonyl (C=O) groups is 2. The summed E-state index contributed by atoms with van der Waals surface area (Å²) in [6.45, 7) is 3.64. The van der Waals surface area contributed by atoms with E-state index in [9.17, 15) is 9.59 Å². The molecule has 0 unspecified atom stereocenters. The molecule has 0 aromatic carbocycles. The maximum absolute atomic E-state index is 11.0. The van der Waals surface area contributed by atoms with Gasteiger partial charge in [-0.15, -0.1) is 0 Å². The number of carbonyl (C=O) groups excluding carboxylic acids is 2. The third-order valence-corrected chi connectivity index (χ3v) is 1.37. The second kappa shape index (κ2) is 5.49. The van der Waals surface area contributed by atoms with E-state index in [1.165, 1.54) is 12.2 Å². The molecule has 0 saturated heterocycles. The summed E-state index contributed by atoms with van der Waals surface area (Å²) in [6, 6.07) is 0. The fourth-order valence-electron chi connectivity index (χ4n) is 0.566. The number of allylic oxidation sites excluding steroid dienone is 1. The zero-order valence-electron chi connectivity index (χ0n) is 7.33. The number of hydrazine groups is 1. The van der Waals surface area contributed by atoms with Gasteiger partial charge in [-0.05, 0) is 0 Å². The average molecular weight is 170 g/mol. The van der Waals surface area contributed by atoms with E-state index in [2.05, 4.69) is 0 Å². The van der Waals surface area contributed by atoms with Gasteiger partial charge in [-0.2, -0.15) is 0 Å². The highest BCUT2D eigenvalue weighted by Gasteiger charge is 2.03. The lowest BCUT2D eigenvalue weighted by Crippen LogP contribution is -2.28. The summed E-state index contributed by atoms with van der Waals surface area (Å²) in [6.07, 6.45) is 3.04. The molecule has 0 fully saturated rings. The minimum atomic E-state index is -0.397. The van der Waals surface area contributed by atoms with Crippen LogP contribution in [0.4, 0.5) is 0 Å². The number of nitrogens with one attached hydrogen (secondary N) is 1. The summed E-state index contributed by atoms with van der Waals surface area (Å²) < 4.78 is 0. The Labute approximate surface area is 71.8 Å². The van der Waals surface area contributed by atoms with E-state index in [-0.39, 0.29) is 18.1 Å². The Balaban J connectivity index is 3.75. The van der Waals surface area contributed by atoms with E-state index in [1.54, 1.807) is 0 Å². The Bertz CT molecular complexity index is 197. The number of nitrogens with two attached hydrogens (primary N) is 1. The van der Waals surface area contributed by atoms with Crippen LogP contribution in [0.25, 0.3) is 0 Å². The van der Waals surface area contributed by atoms with E-state index < -0.39 is 5.91 Å². The summed E-state index contributed by atoms with van der Waals surface area (Å²) in [5, 5.41) is 0. The van der Waals surface area contributed by atoms with Crippen LogP contribution in [0.2, 0.25) is 0 Å². The van der Waals surface area contributed by atoms with E-state index in [4.69, 9.17) is 5.84 Å². The van der Waals surface area contributed by atoms with Crippen LogP contribution in [-0.4, -0.2) is 11.7 Å². The Morgan fingerprint density at radius 1 is 1.50 bits per heavy atom. The molecule has 0 bridgehead atoms. The molecule has 0 saturated carbocycles. The molecule has 0 rings (SSSR count). The topological polar surface area (TPSA) is 72.2 Å². The SMILES string of the molecule is CC(C)C(=O)C/C=C/C(=O)NN. The zero-order valence-corrected chi connectivity index (χ0v) is 7.33. The summed E-state index contributed by atoms with van der Waals surface area (Å²) in [4.78, 5) is 21.5. The lowest BCUT2D eigenvalue weighted by atomic mass is 10.1. The minimum Gasteiger partial charge on any atom is -0.299 e. The van der Waals surface area contributed by atoms with E-state index in [0.717, 1.165) is 0 Å². The molecular weight excluding hydrogens is 156 g/mol. The first-order valence-electron chi connectivity index (χ1n) is 3.77. The molecule has 0 aromatic rings. The van der Waals surface area contributed by atoms with E-state index >= 15 is 0 Å². The van der Waals surface area contributed by atoms with Crippen LogP contribution in [0, 0.1) is 5.92 Å². The Kier molecular flexibility index (Phi) is 4.96. The number of hydrogen-bond donors (Lipinski definition) is 2. The van der Waals surface area contributed by atoms with Crippen molar-refractivity contribution in [1.29, 1.82) is 0 Å². The number of ketones is 1. The van der Waals surface area contributed by atoms with Crippen molar-refractivity contribution in [2.45, 2.75) is 20.3 Å². The highest BCUT2D eigenvalue weighted by molar-refractivity contribution is 5.88. The molecule has 0 aliphatic carbocycles. The van der Waals surface area contributed by atoms with Crippen molar-refractivity contribution in [2.75, 3.05) is 0 Å². The molecule has 0 heterocycles. The van der Waals surface area contributed by atoms with Crippen molar-refractivity contribution < 1.29 is 9.59 Å². The van der Waals surface area contributed by atoms with Crippen LogP contribution in [0.15, 0.2) is 12.2 Å². The first-order valence-corrected chi connectivity index (χ1v) is 3.77. The van der Waals surface area contributed by atoms with Gasteiger partial charge in [0.15, 0.2) is 0 Å². The van der Waals surface area contributed by atoms with Crippen LogP contribution >= 0.6 is 0 Å². The average Bonchev–Trinajstić information content (AvgIpc) is 2.03. The van der Waals surface area contributed by atoms with Crippen LogP contribution in [0.3, 0.4) is 0 Å². The van der Waals surface area contributed by atoms with E-state index in [0.29, 0.717) is 0 Å². The molecule has 4 nitrogen and oxygen atoms in total. The van der Waals surface area contributed by atoms with Crippen LogP contribution in [-0.2, 0) is 9.59 Å². The molecule has 0 aliphatic rings. The van der Waals surface area contributed by atoms with Gasteiger partial charge in [-0.3, -0.25) is 15.0 Å². The van der Waals surface area contributed by atoms with Gasteiger partial charge in [0.25, 0.3) is 5.91 Å². The van der Waals surface area contributed by atoms with Crippen molar-refractivity contribution in [1.82, 2.24) is 5.43 Å². The van der Waals surface area contributed by atoms with Gasteiger partial charge in [0, 0.05) is 18.4 Å². The van der Waals surface area contributed by atoms with Gasteiger partial charge < -0.3 is 0 Å². The normalized spacial score (nSPS) is 10.7. The zero-order chi connectivity index (χ0) is 9.56. The minimum absolute atomic E-state index is 0.00980. The Hall–Kier alpha value is -1.16. The van der Waals surface area contributed by atoms with Crippen molar-refractivity contribution in [3.05, 3.63) is 12.2 Å². The lowest BCUT2D eigenvalue weighted by Gasteiger charge is -1.98. The standard InChI is InChI=1S/C8H14N2O2/c1-6(2)7(11)4-3-5-8(12)10-9/h3,5-6H,4,9H2,1-2H3,(H,10,12)/b5-3+. The van der Waals surface area contributed by atoms with Crippen LogP contribution in [0.1, 0.15) is 20.3 Å². The quantitative estimate of drug-likeness (QED) is 0.273. The fraction of sp³-hybridized carbons (Fsp3) is 0.500. The molecule has 0 atom stereocenters. The number of rotatable bonds is 4.